The van der Waals surface area contributed by atoms with Crippen molar-refractivity contribution < 1.29 is 32.6 Å². The van der Waals surface area contributed by atoms with Crippen LogP contribution in [0.1, 0.15) is 18.9 Å². The lowest BCUT2D eigenvalue weighted by atomic mass is 10.00. The van der Waals surface area contributed by atoms with Gasteiger partial charge in [0.15, 0.2) is 0 Å². The summed E-state index contributed by atoms with van der Waals surface area (Å²) in [6.07, 6.45) is -4.15. The van der Waals surface area contributed by atoms with Crippen molar-refractivity contribution in [3.63, 3.8) is 0 Å². The van der Waals surface area contributed by atoms with Crippen LogP contribution in [0.4, 0.5) is 13.2 Å². The van der Waals surface area contributed by atoms with Crippen LogP contribution >= 0.6 is 0 Å². The zero-order valence-corrected chi connectivity index (χ0v) is 15.3. The van der Waals surface area contributed by atoms with Crippen LogP contribution in [0.25, 0.3) is 11.1 Å². The summed E-state index contributed by atoms with van der Waals surface area (Å²) in [7, 11) is 0. The predicted octanol–water partition coefficient (Wildman–Crippen LogP) is 3.81. The summed E-state index contributed by atoms with van der Waals surface area (Å²) in [5, 5.41) is 7.12. The highest BCUT2D eigenvalue weighted by atomic mass is 19.4. The minimum atomic E-state index is -5.08. The molecule has 28 heavy (non-hydrogen) atoms. The molecule has 0 radical (unpaired) electrons. The smallest absolute Gasteiger partial charge is 0.475 e. The van der Waals surface area contributed by atoms with Crippen molar-refractivity contribution in [2.45, 2.75) is 32.0 Å². The summed E-state index contributed by atoms with van der Waals surface area (Å²) in [5.74, 6) is -2.99. The summed E-state index contributed by atoms with van der Waals surface area (Å²) in [6.45, 7) is 2.20. The van der Waals surface area contributed by atoms with Gasteiger partial charge in [0.1, 0.15) is 0 Å². The molecule has 0 aromatic heterocycles. The average Bonchev–Trinajstić information content (AvgIpc) is 2.63. The van der Waals surface area contributed by atoms with Crippen LogP contribution in [-0.2, 0) is 20.7 Å². The summed E-state index contributed by atoms with van der Waals surface area (Å²) >= 11 is 0. The van der Waals surface area contributed by atoms with E-state index in [-0.39, 0.29) is 18.4 Å². The Hall–Kier alpha value is -2.87. The van der Waals surface area contributed by atoms with Gasteiger partial charge in [-0.25, -0.2) is 4.79 Å². The largest absolute Gasteiger partial charge is 0.490 e. The molecule has 0 amide bonds. The number of ether oxygens (including phenoxy) is 1. The van der Waals surface area contributed by atoms with Crippen molar-refractivity contribution in [1.29, 1.82) is 0 Å². The molecule has 0 bridgehead atoms. The van der Waals surface area contributed by atoms with Crippen LogP contribution in [0.15, 0.2) is 54.6 Å². The SMILES string of the molecule is CCOC(=O)C[C@H](N)Cc1ccc(-c2ccccc2)cc1.O=C(O)C(F)(F)F. The third-order valence-electron chi connectivity index (χ3n) is 3.54. The van der Waals surface area contributed by atoms with Crippen molar-refractivity contribution in [2.75, 3.05) is 6.61 Å². The number of nitrogens with two attached hydrogens (primary N) is 1. The van der Waals surface area contributed by atoms with Gasteiger partial charge in [-0.05, 0) is 30.0 Å². The minimum Gasteiger partial charge on any atom is -0.475 e. The van der Waals surface area contributed by atoms with Gasteiger partial charge in [-0.3, -0.25) is 4.79 Å². The van der Waals surface area contributed by atoms with Gasteiger partial charge in [0.2, 0.25) is 0 Å². The van der Waals surface area contributed by atoms with Crippen molar-refractivity contribution >= 4 is 11.9 Å². The number of benzene rings is 2. The van der Waals surface area contributed by atoms with E-state index in [1.54, 1.807) is 6.92 Å². The van der Waals surface area contributed by atoms with Gasteiger partial charge >= 0.3 is 18.1 Å². The first-order chi connectivity index (χ1) is 13.1. The fraction of sp³-hybridized carbons (Fsp3) is 0.300. The molecule has 0 spiro atoms. The molecular formula is C20H22F3NO4. The van der Waals surface area contributed by atoms with Crippen molar-refractivity contribution in [3.8, 4) is 11.1 Å². The second kappa shape index (κ2) is 11.1. The van der Waals surface area contributed by atoms with Gasteiger partial charge in [0.25, 0.3) is 0 Å². The Labute approximate surface area is 160 Å². The van der Waals surface area contributed by atoms with E-state index in [2.05, 4.69) is 36.4 Å². The highest BCUT2D eigenvalue weighted by molar-refractivity contribution is 5.73. The molecule has 0 aliphatic carbocycles. The number of hydrogen-bond donors (Lipinski definition) is 2. The Bertz CT molecular complexity index is 746. The fourth-order valence-electron chi connectivity index (χ4n) is 2.27. The maximum Gasteiger partial charge on any atom is 0.490 e. The number of carboxylic acids is 1. The number of carboxylic acid groups (broad SMARTS) is 1. The van der Waals surface area contributed by atoms with Gasteiger partial charge < -0.3 is 15.6 Å². The number of carbonyl (C=O) groups is 2. The van der Waals surface area contributed by atoms with Gasteiger partial charge in [-0.2, -0.15) is 13.2 Å². The summed E-state index contributed by atoms with van der Waals surface area (Å²) in [5.41, 5.74) is 9.49. The topological polar surface area (TPSA) is 89.6 Å². The van der Waals surface area contributed by atoms with E-state index >= 15 is 0 Å². The Balaban J connectivity index is 0.000000480. The van der Waals surface area contributed by atoms with Crippen LogP contribution in [0.3, 0.4) is 0 Å². The van der Waals surface area contributed by atoms with E-state index in [0.29, 0.717) is 13.0 Å². The lowest BCUT2D eigenvalue weighted by Gasteiger charge is -2.11. The lowest BCUT2D eigenvalue weighted by molar-refractivity contribution is -0.192. The van der Waals surface area contributed by atoms with Gasteiger partial charge in [-0.15, -0.1) is 0 Å². The monoisotopic (exact) mass is 397 g/mol. The lowest BCUT2D eigenvalue weighted by Crippen LogP contribution is -2.27. The Morgan fingerprint density at radius 2 is 1.54 bits per heavy atom. The highest BCUT2D eigenvalue weighted by Crippen LogP contribution is 2.19. The molecule has 0 heterocycles. The van der Waals surface area contributed by atoms with Crippen molar-refractivity contribution in [3.05, 3.63) is 60.2 Å². The Kier molecular flexibility index (Phi) is 9.17. The maximum atomic E-state index is 11.4. The zero-order chi connectivity index (χ0) is 21.2. The van der Waals surface area contributed by atoms with E-state index in [0.717, 1.165) is 5.56 Å². The summed E-state index contributed by atoms with van der Waals surface area (Å²) in [4.78, 5) is 20.3. The first-order valence-corrected chi connectivity index (χ1v) is 8.49. The standard InChI is InChI=1S/C18H21NO2.C2HF3O2/c1-2-21-18(20)13-17(19)12-14-8-10-16(11-9-14)15-6-4-3-5-7-15;3-2(4,5)1(6)7/h3-11,17H,2,12-13,19H2,1H3;(H,6,7)/t17-;/m1./s1. The quantitative estimate of drug-likeness (QED) is 0.724. The molecule has 2 rings (SSSR count). The number of rotatable bonds is 6. The summed E-state index contributed by atoms with van der Waals surface area (Å²) < 4.78 is 36.6. The number of alkyl halides is 3. The predicted molar refractivity (Wildman–Crippen MR) is 98.5 cm³/mol. The molecule has 0 saturated heterocycles. The molecule has 0 aliphatic heterocycles. The third-order valence-corrected chi connectivity index (χ3v) is 3.54. The molecule has 2 aromatic carbocycles. The third kappa shape index (κ3) is 8.68. The molecule has 0 saturated carbocycles. The molecule has 8 heteroatoms. The Morgan fingerprint density at radius 1 is 1.04 bits per heavy atom. The molecule has 0 fully saturated rings. The number of halogens is 3. The molecular weight excluding hydrogens is 375 g/mol. The van der Waals surface area contributed by atoms with E-state index < -0.39 is 12.1 Å². The molecule has 2 aromatic rings. The van der Waals surface area contributed by atoms with Crippen LogP contribution in [0.2, 0.25) is 0 Å². The van der Waals surface area contributed by atoms with E-state index in [1.807, 2.05) is 18.2 Å². The summed E-state index contributed by atoms with van der Waals surface area (Å²) in [6, 6.07) is 18.3. The normalized spacial score (nSPS) is 11.8. The maximum absolute atomic E-state index is 11.4. The molecule has 0 aliphatic rings. The minimum absolute atomic E-state index is 0.202. The molecule has 1 atom stereocenters. The highest BCUT2D eigenvalue weighted by Gasteiger charge is 2.38. The first kappa shape index (κ1) is 23.2. The fourth-order valence-corrected chi connectivity index (χ4v) is 2.27. The van der Waals surface area contributed by atoms with Crippen LogP contribution < -0.4 is 5.73 Å². The number of esters is 1. The van der Waals surface area contributed by atoms with Gasteiger partial charge in [-0.1, -0.05) is 54.6 Å². The van der Waals surface area contributed by atoms with Crippen molar-refractivity contribution in [1.82, 2.24) is 0 Å². The average molecular weight is 397 g/mol. The van der Waals surface area contributed by atoms with Crippen molar-refractivity contribution in [2.24, 2.45) is 5.73 Å². The van der Waals surface area contributed by atoms with E-state index in [4.69, 9.17) is 20.4 Å². The van der Waals surface area contributed by atoms with Crippen LogP contribution in [0.5, 0.6) is 0 Å². The molecule has 152 valence electrons. The van der Waals surface area contributed by atoms with Crippen LogP contribution in [0, 0.1) is 0 Å². The molecule has 5 nitrogen and oxygen atoms in total. The Morgan fingerprint density at radius 3 is 2.00 bits per heavy atom. The van der Waals surface area contributed by atoms with Gasteiger partial charge in [0.05, 0.1) is 13.0 Å². The van der Waals surface area contributed by atoms with Crippen LogP contribution in [-0.4, -0.2) is 35.9 Å². The van der Waals surface area contributed by atoms with E-state index in [1.165, 1.54) is 11.1 Å². The zero-order valence-electron chi connectivity index (χ0n) is 15.3. The molecule has 3 N–H and O–H groups in total. The number of hydrogen-bond acceptors (Lipinski definition) is 4. The molecule has 0 unspecified atom stereocenters. The number of carbonyl (C=O) groups excluding carboxylic acids is 1. The second-order valence-electron chi connectivity index (χ2n) is 5.84. The first-order valence-electron chi connectivity index (χ1n) is 8.49. The van der Waals surface area contributed by atoms with Gasteiger partial charge in [0, 0.05) is 6.04 Å². The second-order valence-corrected chi connectivity index (χ2v) is 5.84. The van der Waals surface area contributed by atoms with E-state index in [9.17, 15) is 18.0 Å². The number of aliphatic carboxylic acids is 1.